The molecule has 5 atom stereocenters. The van der Waals surface area contributed by atoms with Crippen molar-refractivity contribution in [2.24, 2.45) is 23.7 Å². The predicted octanol–water partition coefficient (Wildman–Crippen LogP) is 4.77. The number of carbonyl (C=O) groups excluding carboxylic acids is 2. The van der Waals surface area contributed by atoms with Crippen LogP contribution in [0.15, 0.2) is 66.7 Å². The zero-order valence-electron chi connectivity index (χ0n) is 16.3. The van der Waals surface area contributed by atoms with E-state index < -0.39 is 0 Å². The van der Waals surface area contributed by atoms with Gasteiger partial charge in [0.25, 0.3) is 0 Å². The summed E-state index contributed by atoms with van der Waals surface area (Å²) < 4.78 is 11.5. The second-order valence-electron chi connectivity index (χ2n) is 8.52. The molecular weight excluding hydrogens is 378 g/mol. The van der Waals surface area contributed by atoms with E-state index in [1.807, 2.05) is 54.6 Å². The van der Waals surface area contributed by atoms with Crippen molar-refractivity contribution >= 4 is 28.3 Å². The van der Waals surface area contributed by atoms with E-state index in [0.717, 1.165) is 29.4 Å². The molecule has 3 aliphatic rings. The fraction of sp³-hybridized carbons (Fsp3) is 0.280. The van der Waals surface area contributed by atoms with Gasteiger partial charge in [-0.1, -0.05) is 36.4 Å². The van der Waals surface area contributed by atoms with Crippen molar-refractivity contribution in [1.82, 2.24) is 0 Å². The van der Waals surface area contributed by atoms with Gasteiger partial charge in [-0.25, -0.2) is 0 Å². The van der Waals surface area contributed by atoms with Crippen molar-refractivity contribution in [2.75, 3.05) is 5.32 Å². The molecule has 3 fully saturated rings. The molecule has 2 bridgehead atoms. The van der Waals surface area contributed by atoms with Gasteiger partial charge in [-0.2, -0.15) is 0 Å². The Morgan fingerprint density at radius 3 is 2.63 bits per heavy atom. The first-order valence-corrected chi connectivity index (χ1v) is 10.4. The fourth-order valence-corrected chi connectivity index (χ4v) is 5.61. The predicted molar refractivity (Wildman–Crippen MR) is 112 cm³/mol. The van der Waals surface area contributed by atoms with Crippen molar-refractivity contribution in [3.8, 4) is 11.5 Å². The molecule has 150 valence electrons. The minimum atomic E-state index is -0.271. The van der Waals surface area contributed by atoms with Crippen LogP contribution in [0, 0.1) is 23.7 Å². The highest BCUT2D eigenvalue weighted by Crippen LogP contribution is 2.57. The molecule has 5 nitrogen and oxygen atoms in total. The molecule has 30 heavy (non-hydrogen) atoms. The number of fused-ring (bicyclic) bond motifs is 2. The fourth-order valence-electron chi connectivity index (χ4n) is 5.61. The lowest BCUT2D eigenvalue weighted by Gasteiger charge is -2.23. The molecule has 1 N–H and O–H groups in total. The highest BCUT2D eigenvalue weighted by molar-refractivity contribution is 5.97. The van der Waals surface area contributed by atoms with E-state index in [9.17, 15) is 9.59 Å². The van der Waals surface area contributed by atoms with E-state index in [4.69, 9.17) is 9.47 Å². The van der Waals surface area contributed by atoms with Crippen molar-refractivity contribution in [3.05, 3.63) is 66.7 Å². The largest absolute Gasteiger partial charge is 0.462 e. The summed E-state index contributed by atoms with van der Waals surface area (Å²) in [6.07, 6.45) is 1.79. The zero-order valence-corrected chi connectivity index (χ0v) is 16.3. The van der Waals surface area contributed by atoms with Crippen LogP contribution in [0.3, 0.4) is 0 Å². The molecule has 3 aromatic rings. The zero-order chi connectivity index (χ0) is 20.2. The van der Waals surface area contributed by atoms with E-state index in [2.05, 4.69) is 17.4 Å². The van der Waals surface area contributed by atoms with Gasteiger partial charge < -0.3 is 14.8 Å². The van der Waals surface area contributed by atoms with E-state index in [0.29, 0.717) is 11.4 Å². The molecular formula is C25H21NO4. The van der Waals surface area contributed by atoms with Crippen molar-refractivity contribution in [3.63, 3.8) is 0 Å². The van der Waals surface area contributed by atoms with Crippen LogP contribution in [-0.4, -0.2) is 18.0 Å². The smallest absolute Gasteiger partial charge is 0.310 e. The van der Waals surface area contributed by atoms with Crippen LogP contribution in [-0.2, 0) is 14.3 Å². The number of nitrogens with one attached hydrogen (secondary N) is 1. The Kier molecular flexibility index (Phi) is 3.85. The van der Waals surface area contributed by atoms with Crippen molar-refractivity contribution < 1.29 is 19.1 Å². The van der Waals surface area contributed by atoms with Crippen molar-refractivity contribution in [2.45, 2.75) is 18.9 Å². The third kappa shape index (κ3) is 2.69. The molecule has 2 aliphatic carbocycles. The summed E-state index contributed by atoms with van der Waals surface area (Å²) in [5.41, 5.74) is 0.705. The molecule has 0 radical (unpaired) electrons. The molecule has 1 heterocycles. The van der Waals surface area contributed by atoms with E-state index >= 15 is 0 Å². The molecule has 2 saturated carbocycles. The van der Waals surface area contributed by atoms with Gasteiger partial charge in [0, 0.05) is 17.0 Å². The summed E-state index contributed by atoms with van der Waals surface area (Å²) in [5.74, 6) is 1.18. The lowest BCUT2D eigenvalue weighted by molar-refractivity contribution is -0.145. The Morgan fingerprint density at radius 2 is 1.77 bits per heavy atom. The number of hydrogen-bond acceptors (Lipinski definition) is 4. The number of rotatable bonds is 4. The maximum Gasteiger partial charge on any atom is 0.310 e. The molecule has 1 saturated heterocycles. The number of amides is 1. The van der Waals surface area contributed by atoms with Crippen LogP contribution in [0.2, 0.25) is 0 Å². The molecule has 0 unspecified atom stereocenters. The maximum absolute atomic E-state index is 12.9. The second-order valence-corrected chi connectivity index (χ2v) is 8.52. The quantitative estimate of drug-likeness (QED) is 0.642. The average molecular weight is 399 g/mol. The molecule has 0 aromatic heterocycles. The SMILES string of the molecule is O=C(Nc1ccc(Oc2cccc3ccccc23)cc1)[C@H]1[C@@H]2C[C@H]3[C@@H]1C(=O)O[C@@H]3C2. The number of carbonyl (C=O) groups is 2. The first-order chi connectivity index (χ1) is 14.7. The molecule has 1 aliphatic heterocycles. The third-order valence-electron chi connectivity index (χ3n) is 6.89. The summed E-state index contributed by atoms with van der Waals surface area (Å²) >= 11 is 0. The lowest BCUT2D eigenvalue weighted by atomic mass is 9.79. The minimum Gasteiger partial charge on any atom is -0.462 e. The number of anilines is 1. The van der Waals surface area contributed by atoms with E-state index in [-0.39, 0.29) is 41.7 Å². The molecule has 3 aromatic carbocycles. The van der Waals surface area contributed by atoms with E-state index in [1.54, 1.807) is 0 Å². The first-order valence-electron chi connectivity index (χ1n) is 10.4. The van der Waals surface area contributed by atoms with Crippen LogP contribution in [0.4, 0.5) is 5.69 Å². The van der Waals surface area contributed by atoms with Gasteiger partial charge in [-0.05, 0) is 54.5 Å². The topological polar surface area (TPSA) is 64.6 Å². The monoisotopic (exact) mass is 399 g/mol. The Hall–Kier alpha value is -3.34. The van der Waals surface area contributed by atoms with Gasteiger partial charge in [-0.3, -0.25) is 9.59 Å². The highest BCUT2D eigenvalue weighted by Gasteiger charge is 2.63. The van der Waals surface area contributed by atoms with Crippen LogP contribution in [0.1, 0.15) is 12.8 Å². The Morgan fingerprint density at radius 1 is 0.967 bits per heavy atom. The van der Waals surface area contributed by atoms with Gasteiger partial charge in [-0.15, -0.1) is 0 Å². The molecule has 6 rings (SSSR count). The van der Waals surface area contributed by atoms with Gasteiger partial charge in [0.1, 0.15) is 17.6 Å². The Balaban J connectivity index is 1.17. The minimum absolute atomic E-state index is 0.0436. The van der Waals surface area contributed by atoms with Crippen LogP contribution in [0.25, 0.3) is 10.8 Å². The second kappa shape index (κ2) is 6.59. The summed E-state index contributed by atoms with van der Waals surface area (Å²) in [5, 5.41) is 5.16. The summed E-state index contributed by atoms with van der Waals surface area (Å²) in [7, 11) is 0. The summed E-state index contributed by atoms with van der Waals surface area (Å²) in [4.78, 5) is 25.1. The maximum atomic E-state index is 12.9. The molecule has 0 spiro atoms. The third-order valence-corrected chi connectivity index (χ3v) is 6.89. The van der Waals surface area contributed by atoms with Gasteiger partial charge >= 0.3 is 5.97 Å². The van der Waals surface area contributed by atoms with Crippen molar-refractivity contribution in [1.29, 1.82) is 0 Å². The number of benzene rings is 3. The lowest BCUT2D eigenvalue weighted by Crippen LogP contribution is -2.35. The van der Waals surface area contributed by atoms with Gasteiger partial charge in [0.05, 0.1) is 11.8 Å². The summed E-state index contributed by atoms with van der Waals surface area (Å²) in [6, 6.07) is 21.4. The molecule has 5 heteroatoms. The van der Waals surface area contributed by atoms with Gasteiger partial charge in [0.2, 0.25) is 5.91 Å². The first kappa shape index (κ1) is 17.5. The summed E-state index contributed by atoms with van der Waals surface area (Å²) in [6.45, 7) is 0. The normalized spacial score (nSPS) is 28.5. The average Bonchev–Trinajstić information content (AvgIpc) is 3.38. The number of ether oxygens (including phenoxy) is 2. The number of esters is 1. The van der Waals surface area contributed by atoms with E-state index in [1.165, 1.54) is 0 Å². The van der Waals surface area contributed by atoms with Crippen LogP contribution < -0.4 is 10.1 Å². The Labute approximate surface area is 174 Å². The van der Waals surface area contributed by atoms with Crippen LogP contribution in [0.5, 0.6) is 11.5 Å². The number of hydrogen-bond donors (Lipinski definition) is 1. The standard InChI is InChI=1S/C25H21NO4/c27-24(22-15-12-19-21(13-15)30-25(28)23(19)22)26-16-8-10-17(11-9-16)29-20-7-3-5-14-4-1-2-6-18(14)20/h1-11,15,19,21-23H,12-13H2,(H,26,27)/t15-,19-,21-,22+,23+/m1/s1. The van der Waals surface area contributed by atoms with Gasteiger partial charge in [0.15, 0.2) is 0 Å². The van der Waals surface area contributed by atoms with Crippen LogP contribution >= 0.6 is 0 Å². The Bertz CT molecular complexity index is 1150. The molecule has 1 amide bonds. The highest BCUT2D eigenvalue weighted by atomic mass is 16.6.